The van der Waals surface area contributed by atoms with E-state index >= 15 is 0 Å². The second kappa shape index (κ2) is 4.81. The van der Waals surface area contributed by atoms with Gasteiger partial charge in [-0.1, -0.05) is 0 Å². The van der Waals surface area contributed by atoms with Gasteiger partial charge in [0.2, 0.25) is 5.95 Å². The molecule has 98 valence electrons. The van der Waals surface area contributed by atoms with Gasteiger partial charge in [0.25, 0.3) is 5.56 Å². The highest BCUT2D eigenvalue weighted by Gasteiger charge is 2.10. The fourth-order valence-corrected chi connectivity index (χ4v) is 1.57. The smallest absolute Gasteiger partial charge is 0.339 e. The predicted molar refractivity (Wildman–Crippen MR) is 67.9 cm³/mol. The molecule has 0 radical (unpaired) electrons. The van der Waals surface area contributed by atoms with Crippen LogP contribution in [0.4, 0.5) is 11.6 Å². The molecular formula is C12H11N3O4. The Labute approximate surface area is 107 Å². The number of H-pyrrole nitrogens is 1. The normalized spacial score (nSPS) is 10.2. The summed E-state index contributed by atoms with van der Waals surface area (Å²) in [5, 5.41) is 21.1. The largest absolute Gasteiger partial charge is 0.507 e. The maximum absolute atomic E-state index is 11.2. The molecule has 0 aliphatic heterocycles. The van der Waals surface area contributed by atoms with Crippen molar-refractivity contribution in [3.8, 4) is 5.75 Å². The molecule has 1 heterocycles. The topological polar surface area (TPSA) is 115 Å². The lowest BCUT2D eigenvalue weighted by Crippen LogP contribution is -2.10. The van der Waals surface area contributed by atoms with Crippen LogP contribution in [0.1, 0.15) is 16.1 Å². The van der Waals surface area contributed by atoms with Crippen LogP contribution in [0.25, 0.3) is 0 Å². The van der Waals surface area contributed by atoms with Crippen LogP contribution in [0.15, 0.2) is 29.1 Å². The van der Waals surface area contributed by atoms with Gasteiger partial charge >= 0.3 is 5.97 Å². The molecule has 0 atom stereocenters. The first-order chi connectivity index (χ1) is 8.95. The number of nitrogens with one attached hydrogen (secondary N) is 2. The van der Waals surface area contributed by atoms with Gasteiger partial charge in [-0.3, -0.25) is 9.78 Å². The number of aromatic hydroxyl groups is 1. The number of hydrogen-bond acceptors (Lipinski definition) is 5. The van der Waals surface area contributed by atoms with Gasteiger partial charge in [-0.25, -0.2) is 9.78 Å². The minimum atomic E-state index is -1.22. The zero-order valence-corrected chi connectivity index (χ0v) is 9.97. The molecule has 0 amide bonds. The lowest BCUT2D eigenvalue weighted by atomic mass is 10.2. The predicted octanol–water partition coefficient (Wildman–Crippen LogP) is 1.23. The molecule has 7 nitrogen and oxygen atoms in total. The van der Waals surface area contributed by atoms with E-state index in [9.17, 15) is 14.7 Å². The molecule has 1 aromatic heterocycles. The fraction of sp³-hybridized carbons (Fsp3) is 0.0833. The van der Waals surface area contributed by atoms with E-state index < -0.39 is 5.97 Å². The van der Waals surface area contributed by atoms with Crippen LogP contribution >= 0.6 is 0 Å². The Morgan fingerprint density at radius 2 is 2.11 bits per heavy atom. The number of phenols is 1. The summed E-state index contributed by atoms with van der Waals surface area (Å²) in [6, 6.07) is 5.31. The van der Waals surface area contributed by atoms with Crippen molar-refractivity contribution in [3.05, 3.63) is 45.9 Å². The third-order valence-corrected chi connectivity index (χ3v) is 2.36. The van der Waals surface area contributed by atoms with Crippen LogP contribution < -0.4 is 10.9 Å². The molecule has 2 aromatic rings. The SMILES string of the molecule is Cc1cc(=O)[nH]c(Nc2ccc(C(=O)O)c(O)c2)n1. The highest BCUT2D eigenvalue weighted by molar-refractivity contribution is 5.91. The van der Waals surface area contributed by atoms with E-state index in [0.29, 0.717) is 11.4 Å². The number of aromatic amines is 1. The number of benzene rings is 1. The number of carboxylic acids is 1. The Balaban J connectivity index is 2.31. The average Bonchev–Trinajstić information content (AvgIpc) is 2.26. The molecule has 0 aliphatic rings. The van der Waals surface area contributed by atoms with Crippen molar-refractivity contribution in [2.45, 2.75) is 6.92 Å². The minimum Gasteiger partial charge on any atom is -0.507 e. The van der Waals surface area contributed by atoms with Gasteiger partial charge in [-0.05, 0) is 19.1 Å². The zero-order chi connectivity index (χ0) is 14.0. The maximum Gasteiger partial charge on any atom is 0.339 e. The van der Waals surface area contributed by atoms with Crippen LogP contribution in [0.5, 0.6) is 5.75 Å². The van der Waals surface area contributed by atoms with Crippen molar-refractivity contribution in [2.75, 3.05) is 5.32 Å². The number of nitrogens with zero attached hydrogens (tertiary/aromatic N) is 1. The van der Waals surface area contributed by atoms with Crippen LogP contribution in [0.2, 0.25) is 0 Å². The molecule has 0 aliphatic carbocycles. The summed E-state index contributed by atoms with van der Waals surface area (Å²) >= 11 is 0. The fourth-order valence-electron chi connectivity index (χ4n) is 1.57. The van der Waals surface area contributed by atoms with Gasteiger partial charge in [0.05, 0.1) is 0 Å². The molecule has 0 bridgehead atoms. The van der Waals surface area contributed by atoms with E-state index in [0.717, 1.165) is 0 Å². The van der Waals surface area contributed by atoms with Gasteiger partial charge in [0.1, 0.15) is 11.3 Å². The second-order valence-corrected chi connectivity index (χ2v) is 3.90. The summed E-state index contributed by atoms with van der Waals surface area (Å²) in [7, 11) is 0. The van der Waals surface area contributed by atoms with Crippen LogP contribution in [-0.4, -0.2) is 26.2 Å². The number of aryl methyl sites for hydroxylation is 1. The molecule has 7 heteroatoms. The molecule has 1 aromatic carbocycles. The van der Waals surface area contributed by atoms with Crippen LogP contribution in [0, 0.1) is 6.92 Å². The first kappa shape index (κ1) is 12.6. The molecule has 0 spiro atoms. The van der Waals surface area contributed by atoms with Gasteiger partial charge in [-0.2, -0.15) is 0 Å². The summed E-state index contributed by atoms with van der Waals surface area (Å²) in [4.78, 5) is 28.5. The summed E-state index contributed by atoms with van der Waals surface area (Å²) in [5.74, 6) is -1.37. The van der Waals surface area contributed by atoms with Crippen molar-refractivity contribution in [2.24, 2.45) is 0 Å². The third kappa shape index (κ3) is 2.89. The number of aromatic nitrogens is 2. The Morgan fingerprint density at radius 1 is 1.37 bits per heavy atom. The molecule has 0 fully saturated rings. The van der Waals surface area contributed by atoms with E-state index in [4.69, 9.17) is 5.11 Å². The molecular weight excluding hydrogens is 250 g/mol. The number of carboxylic acid groups (broad SMARTS) is 1. The Kier molecular flexibility index (Phi) is 3.19. The maximum atomic E-state index is 11.2. The molecule has 0 unspecified atom stereocenters. The number of carbonyl (C=O) groups is 1. The van der Waals surface area contributed by atoms with Crippen molar-refractivity contribution in [3.63, 3.8) is 0 Å². The number of aromatic carboxylic acids is 1. The van der Waals surface area contributed by atoms with Crippen molar-refractivity contribution < 1.29 is 15.0 Å². The summed E-state index contributed by atoms with van der Waals surface area (Å²) in [5.41, 5.74) is 0.450. The Hall–Kier alpha value is -2.83. The summed E-state index contributed by atoms with van der Waals surface area (Å²) < 4.78 is 0. The third-order valence-electron chi connectivity index (χ3n) is 2.36. The second-order valence-electron chi connectivity index (χ2n) is 3.90. The lowest BCUT2D eigenvalue weighted by Gasteiger charge is -2.07. The summed E-state index contributed by atoms with van der Waals surface area (Å²) in [6.45, 7) is 1.67. The molecule has 19 heavy (non-hydrogen) atoms. The molecule has 4 N–H and O–H groups in total. The Bertz CT molecular complexity index is 694. The van der Waals surface area contributed by atoms with Crippen molar-refractivity contribution in [1.82, 2.24) is 9.97 Å². The molecule has 0 saturated heterocycles. The monoisotopic (exact) mass is 261 g/mol. The van der Waals surface area contributed by atoms with Gasteiger partial charge in [0, 0.05) is 23.5 Å². The first-order valence-corrected chi connectivity index (χ1v) is 5.37. The average molecular weight is 261 g/mol. The zero-order valence-electron chi connectivity index (χ0n) is 9.97. The van der Waals surface area contributed by atoms with E-state index in [1.165, 1.54) is 24.3 Å². The van der Waals surface area contributed by atoms with Crippen molar-refractivity contribution in [1.29, 1.82) is 0 Å². The minimum absolute atomic E-state index is 0.198. The molecule has 0 saturated carbocycles. The number of hydrogen-bond donors (Lipinski definition) is 4. The molecule has 2 rings (SSSR count). The van der Waals surface area contributed by atoms with Gasteiger partial charge in [-0.15, -0.1) is 0 Å². The summed E-state index contributed by atoms with van der Waals surface area (Å²) in [6.07, 6.45) is 0. The van der Waals surface area contributed by atoms with E-state index in [2.05, 4.69) is 15.3 Å². The van der Waals surface area contributed by atoms with E-state index in [-0.39, 0.29) is 22.8 Å². The number of rotatable bonds is 3. The van der Waals surface area contributed by atoms with Crippen LogP contribution in [-0.2, 0) is 0 Å². The van der Waals surface area contributed by atoms with Crippen LogP contribution in [0.3, 0.4) is 0 Å². The van der Waals surface area contributed by atoms with Crippen molar-refractivity contribution >= 4 is 17.6 Å². The highest BCUT2D eigenvalue weighted by atomic mass is 16.4. The highest BCUT2D eigenvalue weighted by Crippen LogP contribution is 2.23. The standard InChI is InChI=1S/C12H11N3O4/c1-6-4-10(17)15-12(13-6)14-7-2-3-8(11(18)19)9(16)5-7/h2-5,16H,1H3,(H,18,19)(H2,13,14,15,17). The van der Waals surface area contributed by atoms with E-state index in [1.54, 1.807) is 6.92 Å². The van der Waals surface area contributed by atoms with Gasteiger partial charge < -0.3 is 15.5 Å². The lowest BCUT2D eigenvalue weighted by molar-refractivity contribution is 0.0694. The van der Waals surface area contributed by atoms with E-state index in [1.807, 2.05) is 0 Å². The Morgan fingerprint density at radius 3 is 2.68 bits per heavy atom. The number of anilines is 2. The quantitative estimate of drug-likeness (QED) is 0.660. The first-order valence-electron chi connectivity index (χ1n) is 5.37. The van der Waals surface area contributed by atoms with Gasteiger partial charge in [0.15, 0.2) is 0 Å².